The van der Waals surface area contributed by atoms with Crippen LogP contribution in [0.15, 0.2) is 17.5 Å². The molecule has 3 saturated carbocycles. The molecule has 0 amide bonds. The summed E-state index contributed by atoms with van der Waals surface area (Å²) in [5, 5.41) is 5.04. The van der Waals surface area contributed by atoms with Gasteiger partial charge in [-0.1, -0.05) is 6.07 Å². The SMILES string of the molecule is CCOC(=O)[C@@H]1C2CCC(CC2)[C@H]1Nc1nc(Cl)nc(-c2cccs2)c1F. The largest absolute Gasteiger partial charge is 0.466 e. The summed E-state index contributed by atoms with van der Waals surface area (Å²) in [6.07, 6.45) is 4.08. The van der Waals surface area contributed by atoms with E-state index in [1.807, 2.05) is 11.4 Å². The van der Waals surface area contributed by atoms with Gasteiger partial charge in [-0.05, 0) is 67.5 Å². The monoisotopic (exact) mass is 409 g/mol. The number of fused-ring (bicyclic) bond motifs is 3. The quantitative estimate of drug-likeness (QED) is 0.568. The zero-order valence-corrected chi connectivity index (χ0v) is 16.5. The van der Waals surface area contributed by atoms with Gasteiger partial charge in [0.1, 0.15) is 5.69 Å². The van der Waals surface area contributed by atoms with Crippen LogP contribution in [-0.4, -0.2) is 28.6 Å². The summed E-state index contributed by atoms with van der Waals surface area (Å²) >= 11 is 7.46. The van der Waals surface area contributed by atoms with Gasteiger partial charge in [0.2, 0.25) is 5.28 Å². The van der Waals surface area contributed by atoms with Crippen molar-refractivity contribution in [1.82, 2.24) is 9.97 Å². The first-order valence-corrected chi connectivity index (χ1v) is 10.5. The lowest BCUT2D eigenvalue weighted by molar-refractivity contribution is -0.154. The molecule has 2 atom stereocenters. The van der Waals surface area contributed by atoms with Gasteiger partial charge in [-0.25, -0.2) is 9.37 Å². The third-order valence-corrected chi connectivity index (χ3v) is 6.71. The van der Waals surface area contributed by atoms with Crippen LogP contribution >= 0.6 is 22.9 Å². The number of nitrogens with one attached hydrogen (secondary N) is 1. The standard InChI is InChI=1S/C19H21ClFN3O2S/c1-2-26-18(25)13-10-5-7-11(8-6-10)15(13)22-17-14(21)16(23-19(20)24-17)12-4-3-9-27-12/h3-4,9-11,13,15H,2,5-8H2,1H3,(H,22,23,24)/t10?,11?,13-,15-/m1/s1. The minimum absolute atomic E-state index is 0.0176. The molecule has 27 heavy (non-hydrogen) atoms. The van der Waals surface area contributed by atoms with Crippen LogP contribution in [0.1, 0.15) is 32.6 Å². The normalized spacial score (nSPS) is 26.8. The number of aromatic nitrogens is 2. The van der Waals surface area contributed by atoms with Crippen molar-refractivity contribution in [2.75, 3.05) is 11.9 Å². The molecular formula is C19H21ClFN3O2S. The van der Waals surface area contributed by atoms with E-state index >= 15 is 4.39 Å². The van der Waals surface area contributed by atoms with Crippen molar-refractivity contribution in [3.05, 3.63) is 28.6 Å². The number of carbonyl (C=O) groups excluding carboxylic acids is 1. The fourth-order valence-electron chi connectivity index (χ4n) is 4.48. The Morgan fingerprint density at radius 1 is 1.33 bits per heavy atom. The molecule has 2 aromatic rings. The highest BCUT2D eigenvalue weighted by Crippen LogP contribution is 2.47. The average molecular weight is 410 g/mol. The van der Waals surface area contributed by atoms with Crippen molar-refractivity contribution in [2.24, 2.45) is 17.8 Å². The Balaban J connectivity index is 1.67. The van der Waals surface area contributed by atoms with E-state index in [1.165, 1.54) is 11.3 Å². The highest BCUT2D eigenvalue weighted by Gasteiger charge is 2.48. The lowest BCUT2D eigenvalue weighted by Crippen LogP contribution is -2.52. The van der Waals surface area contributed by atoms with Crippen molar-refractivity contribution < 1.29 is 13.9 Å². The zero-order chi connectivity index (χ0) is 19.0. The fraction of sp³-hybridized carbons (Fsp3) is 0.526. The van der Waals surface area contributed by atoms with Crippen LogP contribution in [0.4, 0.5) is 10.2 Å². The summed E-state index contributed by atoms with van der Waals surface area (Å²) in [6, 6.07) is 3.42. The molecule has 0 spiro atoms. The third kappa shape index (κ3) is 3.55. The van der Waals surface area contributed by atoms with Crippen LogP contribution in [0.2, 0.25) is 5.28 Å². The third-order valence-electron chi connectivity index (χ3n) is 5.66. The summed E-state index contributed by atoms with van der Waals surface area (Å²) in [6.45, 7) is 2.15. The predicted molar refractivity (Wildman–Crippen MR) is 103 cm³/mol. The Hall–Kier alpha value is -1.73. The van der Waals surface area contributed by atoms with Gasteiger partial charge in [0.25, 0.3) is 0 Å². The topological polar surface area (TPSA) is 64.1 Å². The minimum Gasteiger partial charge on any atom is -0.466 e. The molecule has 5 nitrogen and oxygen atoms in total. The summed E-state index contributed by atoms with van der Waals surface area (Å²) in [5.74, 6) is -0.401. The molecule has 3 fully saturated rings. The van der Waals surface area contributed by atoms with Crippen LogP contribution in [0, 0.1) is 23.6 Å². The second-order valence-corrected chi connectivity index (χ2v) is 8.39. The van der Waals surface area contributed by atoms with E-state index in [4.69, 9.17) is 16.3 Å². The summed E-state index contributed by atoms with van der Waals surface area (Å²) in [5.41, 5.74) is 0.182. The van der Waals surface area contributed by atoms with Gasteiger partial charge in [-0.15, -0.1) is 11.3 Å². The Morgan fingerprint density at radius 2 is 2.07 bits per heavy atom. The molecule has 2 heterocycles. The maximum Gasteiger partial charge on any atom is 0.311 e. The van der Waals surface area contributed by atoms with Gasteiger partial charge in [-0.2, -0.15) is 4.98 Å². The average Bonchev–Trinajstić information content (AvgIpc) is 3.20. The van der Waals surface area contributed by atoms with Gasteiger partial charge in [0.15, 0.2) is 11.6 Å². The van der Waals surface area contributed by atoms with Crippen molar-refractivity contribution in [3.63, 3.8) is 0 Å². The van der Waals surface area contributed by atoms with Gasteiger partial charge >= 0.3 is 5.97 Å². The van der Waals surface area contributed by atoms with E-state index in [0.717, 1.165) is 25.7 Å². The molecule has 0 unspecified atom stereocenters. The zero-order valence-electron chi connectivity index (χ0n) is 15.0. The molecule has 3 aliphatic rings. The molecule has 0 saturated heterocycles. The number of nitrogens with zero attached hydrogens (tertiary/aromatic N) is 2. The molecule has 5 rings (SSSR count). The number of ether oxygens (including phenoxy) is 1. The number of thiophene rings is 1. The fourth-order valence-corrected chi connectivity index (χ4v) is 5.36. The van der Waals surface area contributed by atoms with Crippen LogP contribution in [0.25, 0.3) is 10.6 Å². The molecule has 1 N–H and O–H groups in total. The van der Waals surface area contributed by atoms with Crippen LogP contribution < -0.4 is 5.32 Å². The van der Waals surface area contributed by atoms with Crippen molar-refractivity contribution in [2.45, 2.75) is 38.6 Å². The highest BCUT2D eigenvalue weighted by atomic mass is 35.5. The van der Waals surface area contributed by atoms with Crippen LogP contribution in [0.3, 0.4) is 0 Å². The number of hydrogen-bond donors (Lipinski definition) is 1. The van der Waals surface area contributed by atoms with Gasteiger partial charge in [-0.3, -0.25) is 4.79 Å². The molecule has 3 aliphatic carbocycles. The van der Waals surface area contributed by atoms with Crippen molar-refractivity contribution >= 4 is 34.7 Å². The summed E-state index contributed by atoms with van der Waals surface area (Å²) in [7, 11) is 0. The van der Waals surface area contributed by atoms with E-state index < -0.39 is 5.82 Å². The van der Waals surface area contributed by atoms with E-state index in [2.05, 4.69) is 15.3 Å². The van der Waals surface area contributed by atoms with Crippen molar-refractivity contribution in [1.29, 1.82) is 0 Å². The van der Waals surface area contributed by atoms with Gasteiger partial charge in [0.05, 0.1) is 17.4 Å². The molecule has 2 bridgehead atoms. The number of carbonyl (C=O) groups is 1. The lowest BCUT2D eigenvalue weighted by Gasteiger charge is -2.47. The Kier molecular flexibility index (Phi) is 5.32. The number of hydrogen-bond acceptors (Lipinski definition) is 6. The number of rotatable bonds is 5. The van der Waals surface area contributed by atoms with Crippen LogP contribution in [0.5, 0.6) is 0 Å². The lowest BCUT2D eigenvalue weighted by atomic mass is 9.61. The molecule has 0 aromatic carbocycles. The van der Waals surface area contributed by atoms with Crippen LogP contribution in [-0.2, 0) is 9.53 Å². The minimum atomic E-state index is -0.536. The van der Waals surface area contributed by atoms with E-state index in [1.54, 1.807) is 13.0 Å². The predicted octanol–water partition coefficient (Wildman–Crippen LogP) is 4.78. The first kappa shape index (κ1) is 18.6. The first-order valence-electron chi connectivity index (χ1n) is 9.28. The van der Waals surface area contributed by atoms with E-state index in [0.29, 0.717) is 17.4 Å². The molecule has 2 aromatic heterocycles. The maximum absolute atomic E-state index is 15.1. The highest BCUT2D eigenvalue weighted by molar-refractivity contribution is 7.13. The molecular weight excluding hydrogens is 389 g/mol. The van der Waals surface area contributed by atoms with E-state index in [-0.39, 0.29) is 40.6 Å². The number of halogens is 2. The number of esters is 1. The smallest absolute Gasteiger partial charge is 0.311 e. The number of anilines is 1. The summed E-state index contributed by atoms with van der Waals surface area (Å²) in [4.78, 5) is 21.4. The van der Waals surface area contributed by atoms with Gasteiger partial charge in [0, 0.05) is 6.04 Å². The molecule has 0 radical (unpaired) electrons. The Morgan fingerprint density at radius 3 is 2.74 bits per heavy atom. The summed E-state index contributed by atoms with van der Waals surface area (Å²) < 4.78 is 20.4. The Labute approximate surface area is 166 Å². The molecule has 8 heteroatoms. The second kappa shape index (κ2) is 7.72. The first-order chi connectivity index (χ1) is 13.1. The molecule has 0 aliphatic heterocycles. The maximum atomic E-state index is 15.1. The van der Waals surface area contributed by atoms with Crippen molar-refractivity contribution in [3.8, 4) is 10.6 Å². The second-order valence-electron chi connectivity index (χ2n) is 7.10. The molecule has 144 valence electrons. The Bertz CT molecular complexity index is 825. The van der Waals surface area contributed by atoms with Gasteiger partial charge < -0.3 is 10.1 Å². The van der Waals surface area contributed by atoms with E-state index in [9.17, 15) is 4.79 Å².